The van der Waals surface area contributed by atoms with E-state index in [9.17, 15) is 9.18 Å². The van der Waals surface area contributed by atoms with Gasteiger partial charge in [0.25, 0.3) is 0 Å². The van der Waals surface area contributed by atoms with E-state index in [4.69, 9.17) is 5.73 Å². The number of nitrogens with one attached hydrogen (secondary N) is 1. The van der Waals surface area contributed by atoms with Gasteiger partial charge in [0, 0.05) is 31.0 Å². The molecule has 1 aromatic heterocycles. The molecule has 1 aliphatic rings. The molecule has 1 aromatic carbocycles. The summed E-state index contributed by atoms with van der Waals surface area (Å²) in [6, 6.07) is 4.60. The van der Waals surface area contributed by atoms with E-state index in [-0.39, 0.29) is 24.1 Å². The van der Waals surface area contributed by atoms with Crippen LogP contribution in [0.1, 0.15) is 44.9 Å². The minimum Gasteiger partial charge on any atom is -0.328 e. The van der Waals surface area contributed by atoms with Gasteiger partial charge in [-0.15, -0.1) is 10.2 Å². The Hall–Kier alpha value is -2.28. The van der Waals surface area contributed by atoms with E-state index in [0.29, 0.717) is 6.42 Å². The molecule has 0 fully saturated rings. The molecule has 134 valence electrons. The Bertz CT molecular complexity index is 756. The summed E-state index contributed by atoms with van der Waals surface area (Å²) in [4.78, 5) is 12.0. The third-order valence-corrected chi connectivity index (χ3v) is 4.43. The lowest BCUT2D eigenvalue weighted by Crippen LogP contribution is -2.19. The normalized spacial score (nSPS) is 15.3. The SMILES string of the molecule is CC(N)CCC(=O)Nc1cc(-c2nnc3n2CCCCC3)ccc1F. The molecule has 1 amide bonds. The van der Waals surface area contributed by atoms with Crippen LogP contribution in [-0.2, 0) is 17.8 Å². The number of carbonyl (C=O) groups is 1. The maximum Gasteiger partial charge on any atom is 0.224 e. The molecule has 3 N–H and O–H groups in total. The summed E-state index contributed by atoms with van der Waals surface area (Å²) in [5.74, 6) is 0.990. The molecule has 7 heteroatoms. The summed E-state index contributed by atoms with van der Waals surface area (Å²) >= 11 is 0. The van der Waals surface area contributed by atoms with Crippen molar-refractivity contribution in [2.75, 3.05) is 5.32 Å². The van der Waals surface area contributed by atoms with Gasteiger partial charge in [-0.05, 0) is 44.4 Å². The third kappa shape index (κ3) is 4.22. The first kappa shape index (κ1) is 17.5. The average Bonchev–Trinajstić information content (AvgIpc) is 2.83. The molecular weight excluding hydrogens is 321 g/mol. The second kappa shape index (κ2) is 7.74. The first-order chi connectivity index (χ1) is 12.0. The van der Waals surface area contributed by atoms with Crippen molar-refractivity contribution in [3.63, 3.8) is 0 Å². The number of carbonyl (C=O) groups excluding carboxylic acids is 1. The second-order valence-electron chi connectivity index (χ2n) is 6.66. The molecule has 0 spiro atoms. The highest BCUT2D eigenvalue weighted by molar-refractivity contribution is 5.91. The number of aromatic nitrogens is 3. The monoisotopic (exact) mass is 345 g/mol. The fourth-order valence-corrected chi connectivity index (χ4v) is 3.03. The number of nitrogens with two attached hydrogens (primary N) is 1. The number of aryl methyl sites for hydroxylation is 1. The van der Waals surface area contributed by atoms with Gasteiger partial charge < -0.3 is 15.6 Å². The van der Waals surface area contributed by atoms with Crippen molar-refractivity contribution in [2.45, 2.75) is 58.0 Å². The Kier molecular flexibility index (Phi) is 5.43. The Labute approximate surface area is 146 Å². The van der Waals surface area contributed by atoms with Gasteiger partial charge in [0.05, 0.1) is 5.69 Å². The Morgan fingerprint density at radius 1 is 1.36 bits per heavy atom. The lowest BCUT2D eigenvalue weighted by atomic mass is 10.1. The van der Waals surface area contributed by atoms with E-state index >= 15 is 0 Å². The average molecular weight is 345 g/mol. The van der Waals surface area contributed by atoms with Crippen LogP contribution in [0.15, 0.2) is 18.2 Å². The summed E-state index contributed by atoms with van der Waals surface area (Å²) in [5.41, 5.74) is 6.58. The number of rotatable bonds is 5. The van der Waals surface area contributed by atoms with Gasteiger partial charge in [-0.1, -0.05) is 6.42 Å². The zero-order valence-corrected chi connectivity index (χ0v) is 14.5. The molecule has 0 saturated carbocycles. The number of fused-ring (bicyclic) bond motifs is 1. The van der Waals surface area contributed by atoms with Gasteiger partial charge in [-0.25, -0.2) is 4.39 Å². The van der Waals surface area contributed by atoms with Crippen molar-refractivity contribution >= 4 is 11.6 Å². The van der Waals surface area contributed by atoms with Gasteiger partial charge in [0.1, 0.15) is 11.6 Å². The van der Waals surface area contributed by atoms with Gasteiger partial charge in [-0.2, -0.15) is 0 Å². The molecule has 0 saturated heterocycles. The molecule has 3 rings (SSSR count). The van der Waals surface area contributed by atoms with Crippen LogP contribution >= 0.6 is 0 Å². The van der Waals surface area contributed by atoms with E-state index in [0.717, 1.165) is 43.0 Å². The summed E-state index contributed by atoms with van der Waals surface area (Å²) in [5, 5.41) is 11.2. The first-order valence-corrected chi connectivity index (χ1v) is 8.82. The third-order valence-electron chi connectivity index (χ3n) is 4.43. The first-order valence-electron chi connectivity index (χ1n) is 8.82. The number of hydrogen-bond donors (Lipinski definition) is 2. The molecule has 0 radical (unpaired) electrons. The summed E-state index contributed by atoms with van der Waals surface area (Å²) < 4.78 is 16.2. The van der Waals surface area contributed by atoms with Crippen molar-refractivity contribution in [1.29, 1.82) is 0 Å². The molecule has 2 heterocycles. The van der Waals surface area contributed by atoms with Crippen molar-refractivity contribution in [3.05, 3.63) is 29.8 Å². The van der Waals surface area contributed by atoms with Crippen LogP contribution in [0.2, 0.25) is 0 Å². The largest absolute Gasteiger partial charge is 0.328 e. The number of nitrogens with zero attached hydrogens (tertiary/aromatic N) is 3. The fourth-order valence-electron chi connectivity index (χ4n) is 3.03. The summed E-state index contributed by atoms with van der Waals surface area (Å²) in [6.45, 7) is 2.70. The molecule has 2 aromatic rings. The quantitative estimate of drug-likeness (QED) is 0.872. The topological polar surface area (TPSA) is 85.8 Å². The van der Waals surface area contributed by atoms with Crippen LogP contribution in [-0.4, -0.2) is 26.7 Å². The molecule has 1 atom stereocenters. The molecule has 1 unspecified atom stereocenters. The predicted octanol–water partition coefficient (Wildman–Crippen LogP) is 2.88. The highest BCUT2D eigenvalue weighted by Crippen LogP contribution is 2.26. The summed E-state index contributed by atoms with van der Waals surface area (Å²) in [7, 11) is 0. The fraction of sp³-hybridized carbons (Fsp3) is 0.500. The lowest BCUT2D eigenvalue weighted by molar-refractivity contribution is -0.116. The maximum absolute atomic E-state index is 14.1. The van der Waals surface area contributed by atoms with Crippen LogP contribution in [0, 0.1) is 5.82 Å². The van der Waals surface area contributed by atoms with Gasteiger partial charge in [0.15, 0.2) is 5.82 Å². The van der Waals surface area contributed by atoms with Gasteiger partial charge >= 0.3 is 0 Å². The molecular formula is C18H24FN5O. The standard InChI is InChI=1S/C18H24FN5O/c1-12(20)6-9-17(25)21-15-11-13(7-8-14(15)19)18-23-22-16-5-3-2-4-10-24(16)18/h7-8,11-12H,2-6,9-10,20H2,1H3,(H,21,25). The lowest BCUT2D eigenvalue weighted by Gasteiger charge is -2.11. The number of anilines is 1. The van der Waals surface area contributed by atoms with Gasteiger partial charge in [-0.3, -0.25) is 4.79 Å². The van der Waals surface area contributed by atoms with E-state index < -0.39 is 5.82 Å². The second-order valence-corrected chi connectivity index (χ2v) is 6.66. The van der Waals surface area contributed by atoms with Crippen LogP contribution in [0.4, 0.5) is 10.1 Å². The number of amides is 1. The number of halogens is 1. The zero-order chi connectivity index (χ0) is 17.8. The van der Waals surface area contributed by atoms with Crippen LogP contribution in [0.5, 0.6) is 0 Å². The highest BCUT2D eigenvalue weighted by Gasteiger charge is 2.17. The Balaban J connectivity index is 1.82. The number of benzene rings is 1. The predicted molar refractivity (Wildman–Crippen MR) is 94.5 cm³/mol. The van der Waals surface area contributed by atoms with Crippen molar-refractivity contribution < 1.29 is 9.18 Å². The Morgan fingerprint density at radius 2 is 2.20 bits per heavy atom. The molecule has 1 aliphatic heterocycles. The minimum absolute atomic E-state index is 0.0617. The molecule has 0 bridgehead atoms. The Morgan fingerprint density at radius 3 is 3.00 bits per heavy atom. The van der Waals surface area contributed by atoms with E-state index in [1.807, 2.05) is 6.92 Å². The summed E-state index contributed by atoms with van der Waals surface area (Å²) in [6.07, 6.45) is 5.11. The minimum atomic E-state index is -0.464. The van der Waals surface area contributed by atoms with Crippen molar-refractivity contribution in [1.82, 2.24) is 14.8 Å². The molecule has 6 nitrogen and oxygen atoms in total. The van der Waals surface area contributed by atoms with Crippen molar-refractivity contribution in [3.8, 4) is 11.4 Å². The van der Waals surface area contributed by atoms with E-state index in [1.54, 1.807) is 12.1 Å². The van der Waals surface area contributed by atoms with Crippen LogP contribution in [0.3, 0.4) is 0 Å². The molecule has 25 heavy (non-hydrogen) atoms. The van der Waals surface area contributed by atoms with Crippen LogP contribution < -0.4 is 11.1 Å². The van der Waals surface area contributed by atoms with E-state index in [1.165, 1.54) is 12.5 Å². The van der Waals surface area contributed by atoms with Crippen LogP contribution in [0.25, 0.3) is 11.4 Å². The van der Waals surface area contributed by atoms with Crippen molar-refractivity contribution in [2.24, 2.45) is 5.73 Å². The van der Waals surface area contributed by atoms with Gasteiger partial charge in [0.2, 0.25) is 5.91 Å². The highest BCUT2D eigenvalue weighted by atomic mass is 19.1. The molecule has 0 aliphatic carbocycles. The zero-order valence-electron chi connectivity index (χ0n) is 14.5. The maximum atomic E-state index is 14.1. The smallest absolute Gasteiger partial charge is 0.224 e. The van der Waals surface area contributed by atoms with E-state index in [2.05, 4.69) is 20.1 Å². The number of hydrogen-bond acceptors (Lipinski definition) is 4.